The van der Waals surface area contributed by atoms with E-state index in [1.54, 1.807) is 0 Å². The van der Waals surface area contributed by atoms with Gasteiger partial charge in [-0.3, -0.25) is 9.59 Å². The number of rotatable bonds is 59. The summed E-state index contributed by atoms with van der Waals surface area (Å²) in [5, 5.41) is 23.3. The lowest BCUT2D eigenvalue weighted by atomic mass is 10.0. The number of unbranched alkanes of at least 4 members (excludes halogenated alkanes) is 42. The molecule has 6 nitrogen and oxygen atoms in total. The standard InChI is InChI=1S/C65H123NO5/c1-3-5-7-9-11-13-15-17-19-21-23-27-31-35-39-43-47-51-55-59-65(70)71-60-56-52-48-44-40-36-32-28-24-26-30-34-38-42-46-50-54-58-64(69)66-62(61-67)63(68)57-53-49-45-41-37-33-29-25-22-20-18-16-14-12-10-8-6-4-2/h11,13,17,19,24,28,62-63,67-68H,3-10,12,14-16,18,20-23,25-27,29-61H2,1-2H3,(H,66,69)/b13-11-,19-17-,28-24-. The van der Waals surface area contributed by atoms with Gasteiger partial charge in [-0.2, -0.15) is 0 Å². The van der Waals surface area contributed by atoms with Crippen molar-refractivity contribution in [2.24, 2.45) is 0 Å². The Labute approximate surface area is 443 Å². The first-order valence-corrected chi connectivity index (χ1v) is 31.7. The maximum absolute atomic E-state index is 12.5. The first-order valence-electron chi connectivity index (χ1n) is 31.7. The number of carbonyl (C=O) groups is 2. The lowest BCUT2D eigenvalue weighted by Gasteiger charge is -2.22. The Kier molecular flexibility index (Phi) is 59.0. The minimum atomic E-state index is -0.673. The number of aliphatic hydroxyl groups excluding tert-OH is 2. The van der Waals surface area contributed by atoms with Crippen molar-refractivity contribution in [2.75, 3.05) is 13.2 Å². The van der Waals surface area contributed by atoms with Crippen LogP contribution in [0.1, 0.15) is 341 Å². The van der Waals surface area contributed by atoms with E-state index in [0.29, 0.717) is 25.9 Å². The molecule has 0 aliphatic heterocycles. The zero-order chi connectivity index (χ0) is 51.4. The van der Waals surface area contributed by atoms with Crippen molar-refractivity contribution in [3.05, 3.63) is 36.5 Å². The van der Waals surface area contributed by atoms with Gasteiger partial charge in [0.2, 0.25) is 5.91 Å². The maximum atomic E-state index is 12.5. The third kappa shape index (κ3) is 57.2. The van der Waals surface area contributed by atoms with E-state index in [-0.39, 0.29) is 18.5 Å². The van der Waals surface area contributed by atoms with Gasteiger partial charge < -0.3 is 20.3 Å². The molecule has 0 aromatic heterocycles. The van der Waals surface area contributed by atoms with Gasteiger partial charge in [-0.15, -0.1) is 0 Å². The quantitative estimate of drug-likeness (QED) is 0.0321. The summed E-state index contributed by atoms with van der Waals surface area (Å²) in [7, 11) is 0. The molecular weight excluding hydrogens is 875 g/mol. The molecule has 0 aromatic carbocycles. The predicted molar refractivity (Wildman–Crippen MR) is 310 cm³/mol. The number of aliphatic hydroxyl groups is 2. The number of amides is 1. The molecule has 0 spiro atoms. The van der Waals surface area contributed by atoms with Crippen LogP contribution in [0.3, 0.4) is 0 Å². The number of hydrogen-bond donors (Lipinski definition) is 3. The molecule has 2 atom stereocenters. The summed E-state index contributed by atoms with van der Waals surface area (Å²) in [6.07, 6.45) is 75.7. The molecule has 0 aromatic rings. The van der Waals surface area contributed by atoms with Gasteiger partial charge >= 0.3 is 5.97 Å². The molecule has 6 heteroatoms. The van der Waals surface area contributed by atoms with Gasteiger partial charge in [-0.1, -0.05) is 281 Å². The van der Waals surface area contributed by atoms with Crippen LogP contribution in [-0.2, 0) is 14.3 Å². The third-order valence-corrected chi connectivity index (χ3v) is 14.7. The number of nitrogens with one attached hydrogen (secondary N) is 1. The third-order valence-electron chi connectivity index (χ3n) is 14.7. The van der Waals surface area contributed by atoms with Crippen molar-refractivity contribution < 1.29 is 24.5 Å². The molecule has 0 aliphatic rings. The molecular formula is C65H123NO5. The van der Waals surface area contributed by atoms with E-state index in [1.165, 1.54) is 244 Å². The molecule has 0 heterocycles. The van der Waals surface area contributed by atoms with Crippen LogP contribution in [0.4, 0.5) is 0 Å². The molecule has 0 saturated heterocycles. The smallest absolute Gasteiger partial charge is 0.305 e. The molecule has 71 heavy (non-hydrogen) atoms. The van der Waals surface area contributed by atoms with Gasteiger partial charge in [0.15, 0.2) is 0 Å². The van der Waals surface area contributed by atoms with E-state index < -0.39 is 12.1 Å². The van der Waals surface area contributed by atoms with E-state index >= 15 is 0 Å². The maximum Gasteiger partial charge on any atom is 0.305 e. The van der Waals surface area contributed by atoms with Gasteiger partial charge in [0.25, 0.3) is 0 Å². The van der Waals surface area contributed by atoms with Crippen LogP contribution >= 0.6 is 0 Å². The van der Waals surface area contributed by atoms with Crippen LogP contribution in [0.2, 0.25) is 0 Å². The lowest BCUT2D eigenvalue weighted by Crippen LogP contribution is -2.45. The van der Waals surface area contributed by atoms with E-state index in [9.17, 15) is 19.8 Å². The Morgan fingerprint density at radius 3 is 1.11 bits per heavy atom. The molecule has 418 valence electrons. The molecule has 1 amide bonds. The first kappa shape index (κ1) is 69.1. The zero-order valence-corrected chi connectivity index (χ0v) is 47.7. The normalized spacial score (nSPS) is 12.8. The topological polar surface area (TPSA) is 95.9 Å². The summed E-state index contributed by atoms with van der Waals surface area (Å²) >= 11 is 0. The zero-order valence-electron chi connectivity index (χ0n) is 47.7. The van der Waals surface area contributed by atoms with Gasteiger partial charge in [0.05, 0.1) is 25.4 Å². The van der Waals surface area contributed by atoms with Crippen LogP contribution in [0, 0.1) is 0 Å². The first-order chi connectivity index (χ1) is 35.0. The molecule has 0 radical (unpaired) electrons. The highest BCUT2D eigenvalue weighted by Crippen LogP contribution is 2.17. The second-order valence-corrected chi connectivity index (χ2v) is 21.7. The Balaban J connectivity index is 3.44. The van der Waals surface area contributed by atoms with Crippen LogP contribution in [0.15, 0.2) is 36.5 Å². The number of esters is 1. The number of allylic oxidation sites excluding steroid dienone is 6. The number of ether oxygens (including phenoxy) is 1. The Hall–Kier alpha value is -1.92. The van der Waals surface area contributed by atoms with Gasteiger partial charge in [0.1, 0.15) is 0 Å². The summed E-state index contributed by atoms with van der Waals surface area (Å²) < 4.78 is 5.49. The second kappa shape index (κ2) is 60.6. The Morgan fingerprint density at radius 2 is 0.704 bits per heavy atom. The molecule has 0 rings (SSSR count). The summed E-state index contributed by atoms with van der Waals surface area (Å²) in [6, 6.07) is -0.552. The predicted octanol–water partition coefficient (Wildman–Crippen LogP) is 20.0. The summed E-state index contributed by atoms with van der Waals surface area (Å²) in [5.41, 5.74) is 0. The molecule has 3 N–H and O–H groups in total. The average molecular weight is 999 g/mol. The fourth-order valence-corrected chi connectivity index (χ4v) is 9.78. The summed E-state index contributed by atoms with van der Waals surface area (Å²) in [6.45, 7) is 4.93. The second-order valence-electron chi connectivity index (χ2n) is 21.7. The summed E-state index contributed by atoms with van der Waals surface area (Å²) in [4.78, 5) is 24.6. The van der Waals surface area contributed by atoms with Crippen LogP contribution in [0.5, 0.6) is 0 Å². The van der Waals surface area contributed by atoms with Crippen LogP contribution < -0.4 is 5.32 Å². The van der Waals surface area contributed by atoms with Crippen LogP contribution in [-0.4, -0.2) is 47.4 Å². The van der Waals surface area contributed by atoms with Gasteiger partial charge in [-0.25, -0.2) is 0 Å². The minimum absolute atomic E-state index is 0.00515. The Morgan fingerprint density at radius 1 is 0.394 bits per heavy atom. The number of carbonyl (C=O) groups excluding carboxylic acids is 2. The van der Waals surface area contributed by atoms with E-state index in [1.807, 2.05) is 0 Å². The highest BCUT2D eigenvalue weighted by molar-refractivity contribution is 5.76. The minimum Gasteiger partial charge on any atom is -0.466 e. The lowest BCUT2D eigenvalue weighted by molar-refractivity contribution is -0.143. The van der Waals surface area contributed by atoms with E-state index in [4.69, 9.17) is 4.74 Å². The summed E-state index contributed by atoms with van der Waals surface area (Å²) in [5.74, 6) is -0.0500. The SMILES string of the molecule is CCCCC/C=C\C/C=C\CCCCCCCCCCCC(=O)OCCCCCCCC/C=C\CCCCCCCCCC(=O)NC(CO)C(O)CCCCCCCCCCCCCCCCCCCC. The van der Waals surface area contributed by atoms with Gasteiger partial charge in [0, 0.05) is 12.8 Å². The van der Waals surface area contributed by atoms with Crippen molar-refractivity contribution in [3.63, 3.8) is 0 Å². The van der Waals surface area contributed by atoms with Crippen molar-refractivity contribution in [1.29, 1.82) is 0 Å². The van der Waals surface area contributed by atoms with Crippen molar-refractivity contribution in [2.45, 2.75) is 353 Å². The van der Waals surface area contributed by atoms with Crippen LogP contribution in [0.25, 0.3) is 0 Å². The van der Waals surface area contributed by atoms with Crippen molar-refractivity contribution in [1.82, 2.24) is 5.32 Å². The monoisotopic (exact) mass is 998 g/mol. The van der Waals surface area contributed by atoms with Crippen molar-refractivity contribution >= 4 is 11.9 Å². The highest BCUT2D eigenvalue weighted by atomic mass is 16.5. The van der Waals surface area contributed by atoms with Gasteiger partial charge in [-0.05, 0) is 83.5 Å². The molecule has 0 saturated carbocycles. The number of hydrogen-bond acceptors (Lipinski definition) is 5. The Bertz CT molecular complexity index is 1150. The molecule has 0 aliphatic carbocycles. The molecule has 0 bridgehead atoms. The van der Waals surface area contributed by atoms with Crippen molar-refractivity contribution in [3.8, 4) is 0 Å². The average Bonchev–Trinajstić information content (AvgIpc) is 3.37. The fraction of sp³-hybridized carbons (Fsp3) is 0.877. The molecule has 2 unspecified atom stereocenters. The fourth-order valence-electron chi connectivity index (χ4n) is 9.78. The van der Waals surface area contributed by atoms with E-state index in [0.717, 1.165) is 64.2 Å². The van der Waals surface area contributed by atoms with E-state index in [2.05, 4.69) is 55.6 Å². The molecule has 0 fully saturated rings. The largest absolute Gasteiger partial charge is 0.466 e. The highest BCUT2D eigenvalue weighted by Gasteiger charge is 2.20.